The van der Waals surface area contributed by atoms with Crippen molar-refractivity contribution < 1.29 is 18.6 Å². The third-order valence-electron chi connectivity index (χ3n) is 6.46. The Labute approximate surface area is 229 Å². The van der Waals surface area contributed by atoms with E-state index in [9.17, 15) is 4.79 Å². The van der Waals surface area contributed by atoms with Gasteiger partial charge in [0.05, 0.1) is 36.7 Å². The maximum Gasteiger partial charge on any atom is 0.282 e. The smallest absolute Gasteiger partial charge is 0.282 e. The highest BCUT2D eigenvalue weighted by Crippen LogP contribution is 2.33. The summed E-state index contributed by atoms with van der Waals surface area (Å²) < 4.78 is 24.4. The highest BCUT2D eigenvalue weighted by molar-refractivity contribution is 5.88. The van der Waals surface area contributed by atoms with Gasteiger partial charge in [-0.25, -0.2) is 4.98 Å². The van der Waals surface area contributed by atoms with Crippen LogP contribution in [0.2, 0.25) is 0 Å². The van der Waals surface area contributed by atoms with Gasteiger partial charge in [-0.05, 0) is 59.7 Å². The van der Waals surface area contributed by atoms with Crippen LogP contribution < -0.4 is 19.8 Å². The van der Waals surface area contributed by atoms with Gasteiger partial charge in [0.15, 0.2) is 17.3 Å². The van der Waals surface area contributed by atoms with Gasteiger partial charge in [-0.1, -0.05) is 48.5 Å². The van der Waals surface area contributed by atoms with Crippen LogP contribution in [-0.4, -0.2) is 30.1 Å². The van der Waals surface area contributed by atoms with E-state index in [1.54, 1.807) is 50.8 Å². The van der Waals surface area contributed by atoms with E-state index in [-0.39, 0.29) is 11.4 Å². The number of hydrogen-bond acceptors (Lipinski definition) is 7. The molecule has 0 unspecified atom stereocenters. The van der Waals surface area contributed by atoms with Crippen molar-refractivity contribution in [3.8, 4) is 28.8 Å². The molecule has 0 aliphatic heterocycles. The first-order valence-electron chi connectivity index (χ1n) is 12.6. The minimum Gasteiger partial charge on any atom is -0.496 e. The molecule has 0 amide bonds. The molecule has 0 N–H and O–H groups in total. The third-order valence-corrected chi connectivity index (χ3v) is 6.46. The first-order chi connectivity index (χ1) is 19.6. The Hall–Kier alpha value is -5.37. The zero-order chi connectivity index (χ0) is 27.5. The van der Waals surface area contributed by atoms with E-state index in [4.69, 9.17) is 23.6 Å². The molecule has 8 heteroatoms. The highest BCUT2D eigenvalue weighted by Gasteiger charge is 2.18. The normalized spacial score (nSPS) is 11.3. The summed E-state index contributed by atoms with van der Waals surface area (Å²) in [4.78, 5) is 18.3. The van der Waals surface area contributed by atoms with E-state index >= 15 is 0 Å². The molecule has 0 atom stereocenters. The minimum absolute atomic E-state index is 0.271. The quantitative estimate of drug-likeness (QED) is 0.215. The van der Waals surface area contributed by atoms with E-state index < -0.39 is 0 Å². The van der Waals surface area contributed by atoms with Gasteiger partial charge in [-0.3, -0.25) is 4.79 Å². The van der Waals surface area contributed by atoms with Gasteiger partial charge in [0.1, 0.15) is 17.9 Å². The predicted octanol–water partition coefficient (Wildman–Crippen LogP) is 6.29. The first kappa shape index (κ1) is 24.9. The molecule has 2 aromatic heterocycles. The molecule has 2 heterocycles. The molecule has 0 radical (unpaired) electrons. The number of nitrogens with zero attached hydrogens (tertiary/aromatic N) is 3. The Morgan fingerprint density at radius 1 is 0.825 bits per heavy atom. The molecule has 0 saturated carbocycles. The molecular formula is C32H25N3O5. The van der Waals surface area contributed by atoms with Crippen LogP contribution in [0.4, 0.5) is 0 Å². The molecule has 0 spiro atoms. The Bertz CT molecular complexity index is 1910. The molecule has 0 bridgehead atoms. The van der Waals surface area contributed by atoms with Crippen molar-refractivity contribution in [2.45, 2.75) is 6.61 Å². The molecule has 0 aliphatic carbocycles. The zero-order valence-corrected chi connectivity index (χ0v) is 21.9. The summed E-state index contributed by atoms with van der Waals surface area (Å²) in [6.07, 6.45) is 1.58. The van der Waals surface area contributed by atoms with Gasteiger partial charge >= 0.3 is 0 Å². The average Bonchev–Trinajstić information content (AvgIpc) is 3.45. The molecule has 198 valence electrons. The zero-order valence-electron chi connectivity index (χ0n) is 21.9. The van der Waals surface area contributed by atoms with Gasteiger partial charge in [0.2, 0.25) is 5.82 Å². The number of benzene rings is 4. The van der Waals surface area contributed by atoms with E-state index in [1.165, 1.54) is 4.68 Å². The Balaban J connectivity index is 1.39. The summed E-state index contributed by atoms with van der Waals surface area (Å²) >= 11 is 0. The van der Waals surface area contributed by atoms with Crippen molar-refractivity contribution in [3.63, 3.8) is 0 Å². The van der Waals surface area contributed by atoms with Crippen LogP contribution in [0.25, 0.3) is 33.5 Å². The standard InChI is InChI=1S/C32H25N3O5/c1-37-26-13-8-14-27-24(26)18-30(40-27)31-34-25-12-7-6-11-23(25)32(36)35(31)33-19-22-15-16-28(29(17-22)38-2)39-20-21-9-4-3-5-10-21/h3-19H,20H2,1-2H3. The van der Waals surface area contributed by atoms with Crippen molar-refractivity contribution in [3.05, 3.63) is 119 Å². The third kappa shape index (κ3) is 4.78. The SMILES string of the molecule is COc1cc(C=Nn2c(-c3cc4c(OC)cccc4o3)nc3ccccc3c2=O)ccc1OCc1ccccc1. The maximum absolute atomic E-state index is 13.6. The van der Waals surface area contributed by atoms with Gasteiger partial charge < -0.3 is 18.6 Å². The summed E-state index contributed by atoms with van der Waals surface area (Å²) in [5.41, 5.74) is 2.60. The van der Waals surface area contributed by atoms with E-state index in [1.807, 2.05) is 66.7 Å². The van der Waals surface area contributed by atoms with Crippen molar-refractivity contribution in [2.24, 2.45) is 5.10 Å². The highest BCUT2D eigenvalue weighted by atomic mass is 16.5. The number of ether oxygens (including phenoxy) is 3. The monoisotopic (exact) mass is 531 g/mol. The second-order valence-corrected chi connectivity index (χ2v) is 8.98. The minimum atomic E-state index is -0.320. The molecule has 0 fully saturated rings. The fraction of sp³-hybridized carbons (Fsp3) is 0.0938. The topological polar surface area (TPSA) is 88.1 Å². The van der Waals surface area contributed by atoms with Crippen molar-refractivity contribution in [2.75, 3.05) is 14.2 Å². The second-order valence-electron chi connectivity index (χ2n) is 8.98. The van der Waals surface area contributed by atoms with Crippen LogP contribution in [-0.2, 0) is 6.61 Å². The number of para-hydroxylation sites is 1. The van der Waals surface area contributed by atoms with Gasteiger partial charge in [0.25, 0.3) is 5.56 Å². The molecule has 40 heavy (non-hydrogen) atoms. The van der Waals surface area contributed by atoms with Gasteiger partial charge in [0, 0.05) is 0 Å². The number of furan rings is 1. The fourth-order valence-electron chi connectivity index (χ4n) is 4.46. The van der Waals surface area contributed by atoms with E-state index in [0.717, 1.165) is 10.9 Å². The van der Waals surface area contributed by atoms with Crippen LogP contribution in [0, 0.1) is 0 Å². The van der Waals surface area contributed by atoms with E-state index in [0.29, 0.717) is 51.7 Å². The summed E-state index contributed by atoms with van der Waals surface area (Å²) in [5, 5.41) is 5.76. The Morgan fingerprint density at radius 2 is 1.62 bits per heavy atom. The molecule has 8 nitrogen and oxygen atoms in total. The molecule has 6 aromatic rings. The molecule has 4 aromatic carbocycles. The van der Waals surface area contributed by atoms with Crippen molar-refractivity contribution >= 4 is 28.1 Å². The summed E-state index contributed by atoms with van der Waals surface area (Å²) in [5.74, 6) is 2.47. The summed E-state index contributed by atoms with van der Waals surface area (Å²) in [6.45, 7) is 0.411. The second kappa shape index (κ2) is 10.8. The lowest BCUT2D eigenvalue weighted by Crippen LogP contribution is -2.20. The number of aromatic nitrogens is 2. The van der Waals surface area contributed by atoms with Crippen LogP contribution in [0.15, 0.2) is 111 Å². The average molecular weight is 532 g/mol. The largest absolute Gasteiger partial charge is 0.496 e. The van der Waals surface area contributed by atoms with E-state index in [2.05, 4.69) is 5.10 Å². The number of rotatable bonds is 8. The number of fused-ring (bicyclic) bond motifs is 2. The fourth-order valence-corrected chi connectivity index (χ4v) is 4.46. The molecular weight excluding hydrogens is 506 g/mol. The van der Waals surface area contributed by atoms with Gasteiger partial charge in [-0.15, -0.1) is 0 Å². The summed E-state index contributed by atoms with van der Waals surface area (Å²) in [6, 6.07) is 29.8. The van der Waals surface area contributed by atoms with Crippen LogP contribution in [0.3, 0.4) is 0 Å². The van der Waals surface area contributed by atoms with Crippen molar-refractivity contribution in [1.29, 1.82) is 0 Å². The molecule has 6 rings (SSSR count). The Morgan fingerprint density at radius 3 is 2.45 bits per heavy atom. The maximum atomic E-state index is 13.6. The molecule has 0 aliphatic rings. The lowest BCUT2D eigenvalue weighted by Gasteiger charge is -2.11. The lowest BCUT2D eigenvalue weighted by molar-refractivity contribution is 0.284. The van der Waals surface area contributed by atoms with Gasteiger partial charge in [-0.2, -0.15) is 9.78 Å². The van der Waals surface area contributed by atoms with Crippen LogP contribution >= 0.6 is 0 Å². The Kier molecular flexibility index (Phi) is 6.72. The van der Waals surface area contributed by atoms with Crippen LogP contribution in [0.1, 0.15) is 11.1 Å². The summed E-state index contributed by atoms with van der Waals surface area (Å²) in [7, 11) is 3.18. The first-order valence-corrected chi connectivity index (χ1v) is 12.6. The number of methoxy groups -OCH3 is 2. The van der Waals surface area contributed by atoms with Crippen LogP contribution in [0.5, 0.6) is 17.2 Å². The molecule has 0 saturated heterocycles. The number of hydrogen-bond donors (Lipinski definition) is 0. The lowest BCUT2D eigenvalue weighted by atomic mass is 10.2. The van der Waals surface area contributed by atoms with Crippen molar-refractivity contribution in [1.82, 2.24) is 9.66 Å². The predicted molar refractivity (Wildman–Crippen MR) is 155 cm³/mol.